The molecule has 3 aromatic rings. The zero-order valence-electron chi connectivity index (χ0n) is 17.2. The second-order valence-electron chi connectivity index (χ2n) is 7.53. The van der Waals surface area contributed by atoms with E-state index in [0.29, 0.717) is 36.8 Å². The minimum Gasteiger partial charge on any atom is -0.486 e. The Hall–Kier alpha value is -3.34. The average molecular weight is 402 g/mol. The molecule has 0 radical (unpaired) electrons. The lowest BCUT2D eigenvalue weighted by Gasteiger charge is -2.30. The molecule has 2 heterocycles. The zero-order valence-corrected chi connectivity index (χ0v) is 17.2. The Bertz CT molecular complexity index is 976. The van der Waals surface area contributed by atoms with Gasteiger partial charge in [0.25, 0.3) is 5.91 Å². The highest BCUT2D eigenvalue weighted by atomic mass is 16.6. The van der Waals surface area contributed by atoms with E-state index in [0.717, 1.165) is 18.4 Å². The summed E-state index contributed by atoms with van der Waals surface area (Å²) in [7, 11) is 0. The number of hydrogen-bond donors (Lipinski definition) is 0. The number of aromatic nitrogens is 1. The molecule has 0 bridgehead atoms. The number of ether oxygens (including phenoxy) is 2. The number of fused-ring (bicyclic) bond motifs is 1. The minimum absolute atomic E-state index is 0.0172. The number of benzene rings is 2. The van der Waals surface area contributed by atoms with Crippen molar-refractivity contribution in [3.05, 3.63) is 89.7 Å². The number of carbonyl (C=O) groups is 1. The highest BCUT2D eigenvalue weighted by Crippen LogP contribution is 2.31. The van der Waals surface area contributed by atoms with Crippen molar-refractivity contribution in [2.75, 3.05) is 13.2 Å². The molecule has 0 saturated carbocycles. The van der Waals surface area contributed by atoms with E-state index >= 15 is 0 Å². The van der Waals surface area contributed by atoms with E-state index in [1.54, 1.807) is 12.3 Å². The van der Waals surface area contributed by atoms with E-state index in [1.807, 2.05) is 53.6 Å². The van der Waals surface area contributed by atoms with Gasteiger partial charge in [0.1, 0.15) is 13.2 Å². The first-order valence-electron chi connectivity index (χ1n) is 10.3. The minimum atomic E-state index is -0.0172. The van der Waals surface area contributed by atoms with Crippen LogP contribution in [0.5, 0.6) is 11.5 Å². The first-order chi connectivity index (χ1) is 14.7. The van der Waals surface area contributed by atoms with Gasteiger partial charge in [0, 0.05) is 30.5 Å². The summed E-state index contributed by atoms with van der Waals surface area (Å²) in [5.74, 6) is 1.30. The molecular weight excluding hydrogens is 376 g/mol. The predicted octanol–water partition coefficient (Wildman–Crippen LogP) is 4.52. The Morgan fingerprint density at radius 2 is 1.77 bits per heavy atom. The number of rotatable bonds is 7. The Balaban J connectivity index is 1.55. The maximum atomic E-state index is 13.5. The fourth-order valence-corrected chi connectivity index (χ4v) is 3.63. The number of hydrogen-bond acceptors (Lipinski definition) is 4. The molecule has 5 heteroatoms. The summed E-state index contributed by atoms with van der Waals surface area (Å²) in [5.41, 5.74) is 2.89. The third-order valence-corrected chi connectivity index (χ3v) is 5.35. The van der Waals surface area contributed by atoms with Gasteiger partial charge in [0.05, 0.1) is 0 Å². The van der Waals surface area contributed by atoms with Gasteiger partial charge in [-0.15, -0.1) is 0 Å². The van der Waals surface area contributed by atoms with E-state index in [2.05, 4.69) is 24.0 Å². The van der Waals surface area contributed by atoms with Gasteiger partial charge in [-0.25, -0.2) is 0 Å². The van der Waals surface area contributed by atoms with Crippen molar-refractivity contribution in [3.8, 4) is 11.5 Å². The SMILES string of the molecule is CC(CCc1ccccc1)N(Cc1cccnc1)C(=O)c1ccc2c(c1)OCCO2. The summed E-state index contributed by atoms with van der Waals surface area (Å²) < 4.78 is 11.3. The number of aryl methyl sites for hydroxylation is 1. The Labute approximate surface area is 177 Å². The van der Waals surface area contributed by atoms with Crippen molar-refractivity contribution >= 4 is 5.91 Å². The second-order valence-corrected chi connectivity index (χ2v) is 7.53. The Kier molecular flexibility index (Phi) is 6.28. The molecule has 30 heavy (non-hydrogen) atoms. The van der Waals surface area contributed by atoms with Gasteiger partial charge in [0.2, 0.25) is 0 Å². The van der Waals surface area contributed by atoms with Crippen molar-refractivity contribution in [2.45, 2.75) is 32.4 Å². The average Bonchev–Trinajstić information content (AvgIpc) is 2.81. The first kappa shape index (κ1) is 20.0. The standard InChI is InChI=1S/C25H26N2O3/c1-19(9-10-20-6-3-2-4-7-20)27(18-21-8-5-13-26-17-21)25(28)22-11-12-23-24(16-22)30-15-14-29-23/h2-8,11-13,16-17,19H,9-10,14-15,18H2,1H3. The molecule has 5 nitrogen and oxygen atoms in total. The molecular formula is C25H26N2O3. The molecule has 0 saturated heterocycles. The number of amides is 1. The largest absolute Gasteiger partial charge is 0.486 e. The maximum Gasteiger partial charge on any atom is 0.254 e. The fraction of sp³-hybridized carbons (Fsp3) is 0.280. The predicted molar refractivity (Wildman–Crippen MR) is 116 cm³/mol. The van der Waals surface area contributed by atoms with E-state index in [1.165, 1.54) is 5.56 Å². The molecule has 0 fully saturated rings. The number of carbonyl (C=O) groups excluding carboxylic acids is 1. The molecule has 1 amide bonds. The van der Waals surface area contributed by atoms with Crippen LogP contribution in [0.3, 0.4) is 0 Å². The van der Waals surface area contributed by atoms with Crippen LogP contribution in [0.1, 0.15) is 34.8 Å². The zero-order chi connectivity index (χ0) is 20.8. The molecule has 0 N–H and O–H groups in total. The molecule has 0 spiro atoms. The summed E-state index contributed by atoms with van der Waals surface area (Å²) in [6.07, 6.45) is 5.35. The van der Waals surface area contributed by atoms with Crippen molar-refractivity contribution in [1.82, 2.24) is 9.88 Å². The van der Waals surface area contributed by atoms with Crippen molar-refractivity contribution in [2.24, 2.45) is 0 Å². The lowest BCUT2D eigenvalue weighted by molar-refractivity contribution is 0.0666. The summed E-state index contributed by atoms with van der Waals surface area (Å²) in [6.45, 7) is 3.65. The van der Waals surface area contributed by atoms with Crippen LogP contribution in [0.15, 0.2) is 73.1 Å². The lowest BCUT2D eigenvalue weighted by Crippen LogP contribution is -2.38. The van der Waals surface area contributed by atoms with Gasteiger partial charge in [-0.2, -0.15) is 0 Å². The summed E-state index contributed by atoms with van der Waals surface area (Å²) >= 11 is 0. The van der Waals surface area contributed by atoms with Gasteiger partial charge in [-0.05, 0) is 55.2 Å². The highest BCUT2D eigenvalue weighted by Gasteiger charge is 2.24. The monoisotopic (exact) mass is 402 g/mol. The van der Waals surface area contributed by atoms with E-state index in [-0.39, 0.29) is 11.9 Å². The molecule has 4 rings (SSSR count). The van der Waals surface area contributed by atoms with Crippen molar-refractivity contribution in [3.63, 3.8) is 0 Å². The van der Waals surface area contributed by atoms with Gasteiger partial charge >= 0.3 is 0 Å². The third-order valence-electron chi connectivity index (χ3n) is 5.35. The van der Waals surface area contributed by atoms with Gasteiger partial charge in [0.15, 0.2) is 11.5 Å². The topological polar surface area (TPSA) is 51.7 Å². The van der Waals surface area contributed by atoms with Crippen LogP contribution in [0, 0.1) is 0 Å². The molecule has 1 aliphatic rings. The van der Waals surface area contributed by atoms with Crippen LogP contribution < -0.4 is 9.47 Å². The van der Waals surface area contributed by atoms with Crippen LogP contribution in [-0.2, 0) is 13.0 Å². The van der Waals surface area contributed by atoms with Crippen molar-refractivity contribution in [1.29, 1.82) is 0 Å². The van der Waals surface area contributed by atoms with Gasteiger partial charge < -0.3 is 14.4 Å². The summed E-state index contributed by atoms with van der Waals surface area (Å²) in [6, 6.07) is 19.8. The molecule has 0 aliphatic carbocycles. The molecule has 1 unspecified atom stereocenters. The van der Waals surface area contributed by atoms with E-state index < -0.39 is 0 Å². The van der Waals surface area contributed by atoms with Crippen molar-refractivity contribution < 1.29 is 14.3 Å². The normalized spacial score (nSPS) is 13.5. The molecule has 1 atom stereocenters. The summed E-state index contributed by atoms with van der Waals surface area (Å²) in [4.78, 5) is 19.6. The van der Waals surface area contributed by atoms with Gasteiger partial charge in [-0.1, -0.05) is 36.4 Å². The number of nitrogens with zero attached hydrogens (tertiary/aromatic N) is 2. The van der Waals surface area contributed by atoms with Crippen LogP contribution in [0.2, 0.25) is 0 Å². The van der Waals surface area contributed by atoms with E-state index in [4.69, 9.17) is 9.47 Å². The van der Waals surface area contributed by atoms with Crippen LogP contribution >= 0.6 is 0 Å². The first-order valence-corrected chi connectivity index (χ1v) is 10.3. The summed E-state index contributed by atoms with van der Waals surface area (Å²) in [5, 5.41) is 0. The lowest BCUT2D eigenvalue weighted by atomic mass is 10.0. The van der Waals surface area contributed by atoms with Crippen LogP contribution in [0.4, 0.5) is 0 Å². The fourth-order valence-electron chi connectivity index (χ4n) is 3.63. The van der Waals surface area contributed by atoms with E-state index in [9.17, 15) is 4.79 Å². The quantitative estimate of drug-likeness (QED) is 0.583. The molecule has 1 aromatic heterocycles. The second kappa shape index (κ2) is 9.44. The third kappa shape index (κ3) is 4.79. The Morgan fingerprint density at radius 3 is 2.53 bits per heavy atom. The van der Waals surface area contributed by atoms with Crippen LogP contribution in [-0.4, -0.2) is 35.0 Å². The molecule has 154 valence electrons. The maximum absolute atomic E-state index is 13.5. The smallest absolute Gasteiger partial charge is 0.254 e. The number of pyridine rings is 1. The highest BCUT2D eigenvalue weighted by molar-refractivity contribution is 5.95. The Morgan fingerprint density at radius 1 is 1.00 bits per heavy atom. The molecule has 1 aliphatic heterocycles. The van der Waals surface area contributed by atoms with Gasteiger partial charge in [-0.3, -0.25) is 9.78 Å². The van der Waals surface area contributed by atoms with Crippen LogP contribution in [0.25, 0.3) is 0 Å². The molecule has 2 aromatic carbocycles.